The molecule has 0 aromatic carbocycles. The second-order valence-corrected chi connectivity index (χ2v) is 6.06. The summed E-state index contributed by atoms with van der Waals surface area (Å²) in [7, 11) is 0. The van der Waals surface area contributed by atoms with Gasteiger partial charge >= 0.3 is 0 Å². The van der Waals surface area contributed by atoms with E-state index >= 15 is 0 Å². The van der Waals surface area contributed by atoms with Gasteiger partial charge in [0.2, 0.25) is 0 Å². The van der Waals surface area contributed by atoms with Gasteiger partial charge in [0, 0.05) is 0 Å². The molecule has 0 N–H and O–H groups in total. The standard InChI is InChI=1S/C9H18O.C7H14O/c1-5-9-7(3)6(2)8(4)10-9;1-3-7-5-4-6(2)8-7/h6-9H,5H2,1-4H3;6-7H,3-5H2,1-2H3. The Morgan fingerprint density at radius 3 is 1.72 bits per heavy atom. The third-order valence-electron chi connectivity index (χ3n) is 4.72. The van der Waals surface area contributed by atoms with E-state index in [-0.39, 0.29) is 0 Å². The summed E-state index contributed by atoms with van der Waals surface area (Å²) in [5.41, 5.74) is 0. The molecule has 2 saturated heterocycles. The third kappa shape index (κ3) is 4.24. The van der Waals surface area contributed by atoms with Crippen molar-refractivity contribution in [1.82, 2.24) is 0 Å². The van der Waals surface area contributed by atoms with Crippen LogP contribution in [0.4, 0.5) is 0 Å². The molecule has 2 heteroatoms. The van der Waals surface area contributed by atoms with Gasteiger partial charge in [0.1, 0.15) is 0 Å². The van der Waals surface area contributed by atoms with Crippen molar-refractivity contribution in [3.05, 3.63) is 0 Å². The molecule has 2 aliphatic rings. The molecule has 6 unspecified atom stereocenters. The van der Waals surface area contributed by atoms with Crippen molar-refractivity contribution in [3.63, 3.8) is 0 Å². The molecule has 0 aromatic rings. The Labute approximate surface area is 113 Å². The summed E-state index contributed by atoms with van der Waals surface area (Å²) in [5, 5.41) is 0. The maximum Gasteiger partial charge on any atom is 0.0605 e. The number of ether oxygens (including phenoxy) is 2. The molecule has 0 spiro atoms. The van der Waals surface area contributed by atoms with Gasteiger partial charge in [-0.05, 0) is 51.4 Å². The van der Waals surface area contributed by atoms with Crippen LogP contribution in [0.25, 0.3) is 0 Å². The summed E-state index contributed by atoms with van der Waals surface area (Å²) in [5.74, 6) is 1.49. The molecule has 2 aliphatic heterocycles. The highest BCUT2D eigenvalue weighted by Gasteiger charge is 2.34. The smallest absolute Gasteiger partial charge is 0.0605 e. The van der Waals surface area contributed by atoms with Crippen LogP contribution in [-0.2, 0) is 9.47 Å². The zero-order valence-electron chi connectivity index (χ0n) is 13.1. The number of rotatable bonds is 2. The Kier molecular flexibility index (Phi) is 6.65. The molecule has 0 aliphatic carbocycles. The van der Waals surface area contributed by atoms with Gasteiger partial charge in [-0.2, -0.15) is 0 Å². The van der Waals surface area contributed by atoms with E-state index in [0.29, 0.717) is 24.4 Å². The largest absolute Gasteiger partial charge is 0.375 e. The highest BCUT2D eigenvalue weighted by Crippen LogP contribution is 2.33. The molecule has 6 atom stereocenters. The van der Waals surface area contributed by atoms with Crippen LogP contribution in [0, 0.1) is 11.8 Å². The van der Waals surface area contributed by atoms with Crippen molar-refractivity contribution in [2.75, 3.05) is 0 Å². The third-order valence-corrected chi connectivity index (χ3v) is 4.72. The van der Waals surface area contributed by atoms with E-state index < -0.39 is 0 Å². The summed E-state index contributed by atoms with van der Waals surface area (Å²) in [4.78, 5) is 0. The minimum atomic E-state index is 0.472. The second kappa shape index (κ2) is 7.49. The Morgan fingerprint density at radius 2 is 1.50 bits per heavy atom. The molecule has 0 saturated carbocycles. The van der Waals surface area contributed by atoms with Crippen molar-refractivity contribution in [2.24, 2.45) is 11.8 Å². The van der Waals surface area contributed by atoms with Crippen molar-refractivity contribution < 1.29 is 9.47 Å². The summed E-state index contributed by atoms with van der Waals surface area (Å²) >= 11 is 0. The van der Waals surface area contributed by atoms with Gasteiger partial charge in [0.25, 0.3) is 0 Å². The summed E-state index contributed by atoms with van der Waals surface area (Å²) in [6.07, 6.45) is 6.98. The Hall–Kier alpha value is -0.0800. The summed E-state index contributed by atoms with van der Waals surface area (Å²) in [6.45, 7) is 13.3. The number of hydrogen-bond acceptors (Lipinski definition) is 2. The molecular weight excluding hydrogens is 224 g/mol. The highest BCUT2D eigenvalue weighted by atomic mass is 16.5. The average molecular weight is 256 g/mol. The van der Waals surface area contributed by atoms with Crippen molar-refractivity contribution in [3.8, 4) is 0 Å². The lowest BCUT2D eigenvalue weighted by Gasteiger charge is -2.12. The first-order valence-corrected chi connectivity index (χ1v) is 7.80. The first kappa shape index (κ1) is 16.0. The van der Waals surface area contributed by atoms with Crippen LogP contribution in [0.1, 0.15) is 67.2 Å². The highest BCUT2D eigenvalue weighted by molar-refractivity contribution is 4.82. The molecule has 2 rings (SSSR count). The minimum Gasteiger partial charge on any atom is -0.375 e. The van der Waals surface area contributed by atoms with Gasteiger partial charge in [0.05, 0.1) is 24.4 Å². The molecule has 0 amide bonds. The van der Waals surface area contributed by atoms with Crippen molar-refractivity contribution >= 4 is 0 Å². The maximum absolute atomic E-state index is 5.73. The van der Waals surface area contributed by atoms with E-state index in [1.54, 1.807) is 0 Å². The lowest BCUT2D eigenvalue weighted by molar-refractivity contribution is 0.0393. The molecule has 2 fully saturated rings. The van der Waals surface area contributed by atoms with E-state index in [9.17, 15) is 0 Å². The van der Waals surface area contributed by atoms with Gasteiger partial charge in [-0.25, -0.2) is 0 Å². The van der Waals surface area contributed by atoms with Crippen LogP contribution in [0.3, 0.4) is 0 Å². The molecule has 0 radical (unpaired) electrons. The quantitative estimate of drug-likeness (QED) is 0.728. The second-order valence-electron chi connectivity index (χ2n) is 6.06. The van der Waals surface area contributed by atoms with Crippen molar-refractivity contribution in [1.29, 1.82) is 0 Å². The number of hydrogen-bond donors (Lipinski definition) is 0. The fraction of sp³-hybridized carbons (Fsp3) is 1.00. The van der Waals surface area contributed by atoms with Gasteiger partial charge in [0.15, 0.2) is 0 Å². The lowest BCUT2D eigenvalue weighted by atomic mass is 9.90. The van der Waals surface area contributed by atoms with E-state index in [1.165, 1.54) is 19.3 Å². The van der Waals surface area contributed by atoms with E-state index in [0.717, 1.165) is 18.3 Å². The molecular formula is C16H32O2. The van der Waals surface area contributed by atoms with E-state index in [2.05, 4.69) is 41.5 Å². The lowest BCUT2D eigenvalue weighted by Crippen LogP contribution is -2.14. The van der Waals surface area contributed by atoms with E-state index in [1.807, 2.05) is 0 Å². The normalized spacial score (nSPS) is 43.7. The first-order valence-electron chi connectivity index (χ1n) is 7.80. The molecule has 2 heterocycles. The fourth-order valence-electron chi connectivity index (χ4n) is 2.94. The van der Waals surface area contributed by atoms with E-state index in [4.69, 9.17) is 9.47 Å². The topological polar surface area (TPSA) is 18.5 Å². The Morgan fingerprint density at radius 1 is 0.833 bits per heavy atom. The monoisotopic (exact) mass is 256 g/mol. The molecule has 2 nitrogen and oxygen atoms in total. The molecule has 108 valence electrons. The van der Waals surface area contributed by atoms with Crippen LogP contribution in [-0.4, -0.2) is 24.4 Å². The fourth-order valence-corrected chi connectivity index (χ4v) is 2.94. The van der Waals surface area contributed by atoms with Gasteiger partial charge in [-0.1, -0.05) is 27.7 Å². The zero-order chi connectivity index (χ0) is 13.7. The summed E-state index contributed by atoms with van der Waals surface area (Å²) in [6, 6.07) is 0. The Balaban J connectivity index is 0.000000184. The molecule has 0 aromatic heterocycles. The predicted molar refractivity (Wildman–Crippen MR) is 76.8 cm³/mol. The molecule has 18 heavy (non-hydrogen) atoms. The molecule has 0 bridgehead atoms. The first-order chi connectivity index (χ1) is 8.49. The van der Waals surface area contributed by atoms with Crippen LogP contribution in [0.5, 0.6) is 0 Å². The van der Waals surface area contributed by atoms with Crippen LogP contribution < -0.4 is 0 Å². The van der Waals surface area contributed by atoms with Crippen LogP contribution in [0.15, 0.2) is 0 Å². The zero-order valence-corrected chi connectivity index (χ0v) is 13.1. The average Bonchev–Trinajstić information content (AvgIpc) is 2.89. The maximum atomic E-state index is 5.73. The van der Waals surface area contributed by atoms with Crippen molar-refractivity contribution in [2.45, 2.75) is 91.6 Å². The summed E-state index contributed by atoms with van der Waals surface area (Å²) < 4.78 is 11.2. The van der Waals surface area contributed by atoms with Crippen LogP contribution in [0.2, 0.25) is 0 Å². The SMILES string of the molecule is CCC1CCC(C)O1.CCC1OC(C)C(C)C1C. The van der Waals surface area contributed by atoms with Gasteiger partial charge in [-0.15, -0.1) is 0 Å². The van der Waals surface area contributed by atoms with Crippen LogP contribution >= 0.6 is 0 Å². The van der Waals surface area contributed by atoms with Gasteiger partial charge < -0.3 is 9.47 Å². The predicted octanol–water partition coefficient (Wildman–Crippen LogP) is 4.42. The minimum absolute atomic E-state index is 0.472. The Bertz CT molecular complexity index is 229. The van der Waals surface area contributed by atoms with Gasteiger partial charge in [-0.3, -0.25) is 0 Å².